The lowest BCUT2D eigenvalue weighted by Crippen LogP contribution is -2.12. The lowest BCUT2D eigenvalue weighted by molar-refractivity contribution is -0.138. The molecule has 0 radical (unpaired) electrons. The Labute approximate surface area is 122 Å². The van der Waals surface area contributed by atoms with Crippen LogP contribution in [0.1, 0.15) is 11.5 Å². The van der Waals surface area contributed by atoms with Crippen LogP contribution in [0.5, 0.6) is 5.75 Å². The zero-order valence-electron chi connectivity index (χ0n) is 11.9. The minimum absolute atomic E-state index is 0.202. The molecule has 108 valence electrons. The van der Waals surface area contributed by atoms with Crippen molar-refractivity contribution in [3.8, 4) is 16.9 Å². The van der Waals surface area contributed by atoms with E-state index in [0.717, 1.165) is 22.5 Å². The number of benzene rings is 1. The molecule has 5 heteroatoms. The highest BCUT2D eigenvalue weighted by atomic mass is 16.5. The Kier molecular flexibility index (Phi) is 3.25. The standard InChI is InChI=1S/C16H16N2O3/c1-18(2)15-8-11(5-6-17-15)10-3-4-14-12(7-10)13(9-21-14)16(19)20/h3-8,13H,9H2,1-2H3,(H,19,20). The smallest absolute Gasteiger partial charge is 0.314 e. The molecule has 1 N–H and O–H groups in total. The van der Waals surface area contributed by atoms with Gasteiger partial charge in [0, 0.05) is 25.9 Å². The van der Waals surface area contributed by atoms with Gasteiger partial charge in [0.2, 0.25) is 0 Å². The fourth-order valence-corrected chi connectivity index (χ4v) is 2.44. The van der Waals surface area contributed by atoms with Crippen molar-refractivity contribution in [3.63, 3.8) is 0 Å². The van der Waals surface area contributed by atoms with Crippen molar-refractivity contribution < 1.29 is 14.6 Å². The first-order valence-corrected chi connectivity index (χ1v) is 6.69. The molecule has 5 nitrogen and oxygen atoms in total. The number of nitrogens with zero attached hydrogens (tertiary/aromatic N) is 2. The highest BCUT2D eigenvalue weighted by Gasteiger charge is 2.30. The number of hydrogen-bond donors (Lipinski definition) is 1. The molecule has 1 aliphatic rings. The molecule has 0 saturated carbocycles. The van der Waals surface area contributed by atoms with E-state index in [1.165, 1.54) is 0 Å². The first-order valence-electron chi connectivity index (χ1n) is 6.69. The summed E-state index contributed by atoms with van der Waals surface area (Å²) >= 11 is 0. The topological polar surface area (TPSA) is 62.7 Å². The van der Waals surface area contributed by atoms with Gasteiger partial charge in [0.05, 0.1) is 0 Å². The molecule has 1 atom stereocenters. The van der Waals surface area contributed by atoms with Crippen LogP contribution in [0.3, 0.4) is 0 Å². The molecule has 0 bridgehead atoms. The van der Waals surface area contributed by atoms with Crippen LogP contribution in [0.4, 0.5) is 5.82 Å². The quantitative estimate of drug-likeness (QED) is 0.937. The Hall–Kier alpha value is -2.56. The minimum atomic E-state index is -0.852. The molecule has 2 heterocycles. The number of aliphatic carboxylic acids is 1. The number of carboxylic acid groups (broad SMARTS) is 1. The van der Waals surface area contributed by atoms with E-state index in [9.17, 15) is 9.90 Å². The number of aromatic nitrogens is 1. The lowest BCUT2D eigenvalue weighted by Gasteiger charge is -2.13. The summed E-state index contributed by atoms with van der Waals surface area (Å²) in [4.78, 5) is 17.5. The molecule has 0 saturated heterocycles. The lowest BCUT2D eigenvalue weighted by atomic mass is 9.96. The van der Waals surface area contributed by atoms with Gasteiger partial charge in [0.1, 0.15) is 24.1 Å². The normalized spacial score (nSPS) is 16.2. The second kappa shape index (κ2) is 5.09. The Bertz CT molecular complexity index is 698. The van der Waals surface area contributed by atoms with E-state index in [2.05, 4.69) is 4.98 Å². The number of pyridine rings is 1. The van der Waals surface area contributed by atoms with Crippen LogP contribution in [-0.2, 0) is 4.79 Å². The summed E-state index contributed by atoms with van der Waals surface area (Å²) in [5.41, 5.74) is 2.71. The van der Waals surface area contributed by atoms with E-state index in [1.54, 1.807) is 6.20 Å². The summed E-state index contributed by atoms with van der Waals surface area (Å²) in [6, 6.07) is 9.57. The van der Waals surface area contributed by atoms with E-state index in [1.807, 2.05) is 49.3 Å². The zero-order valence-corrected chi connectivity index (χ0v) is 11.9. The van der Waals surface area contributed by atoms with Gasteiger partial charge in [-0.2, -0.15) is 0 Å². The third-order valence-corrected chi connectivity index (χ3v) is 3.63. The summed E-state index contributed by atoms with van der Waals surface area (Å²) in [7, 11) is 3.87. The number of hydrogen-bond acceptors (Lipinski definition) is 4. The largest absolute Gasteiger partial charge is 0.492 e. The summed E-state index contributed by atoms with van der Waals surface area (Å²) in [5.74, 6) is 0.0804. The minimum Gasteiger partial charge on any atom is -0.492 e. The van der Waals surface area contributed by atoms with Crippen LogP contribution in [0, 0.1) is 0 Å². The number of fused-ring (bicyclic) bond motifs is 1. The molecule has 0 fully saturated rings. The van der Waals surface area contributed by atoms with Crippen molar-refractivity contribution >= 4 is 11.8 Å². The van der Waals surface area contributed by atoms with E-state index in [0.29, 0.717) is 5.75 Å². The summed E-state index contributed by atoms with van der Waals surface area (Å²) < 4.78 is 5.42. The Morgan fingerprint density at radius 3 is 2.76 bits per heavy atom. The van der Waals surface area contributed by atoms with Crippen LogP contribution in [-0.4, -0.2) is 36.8 Å². The maximum Gasteiger partial charge on any atom is 0.314 e. The summed E-state index contributed by atoms with van der Waals surface area (Å²) in [6.45, 7) is 0.202. The van der Waals surface area contributed by atoms with E-state index >= 15 is 0 Å². The first kappa shape index (κ1) is 13.4. The van der Waals surface area contributed by atoms with E-state index in [-0.39, 0.29) is 6.61 Å². The Morgan fingerprint density at radius 1 is 1.29 bits per heavy atom. The van der Waals surface area contributed by atoms with Crippen LogP contribution in [0.15, 0.2) is 36.5 Å². The number of ether oxygens (including phenoxy) is 1. The van der Waals surface area contributed by atoms with Crippen molar-refractivity contribution in [3.05, 3.63) is 42.1 Å². The second-order valence-electron chi connectivity index (χ2n) is 5.25. The predicted octanol–water partition coefficient (Wildman–Crippen LogP) is 2.38. The van der Waals surface area contributed by atoms with Crippen molar-refractivity contribution in [1.29, 1.82) is 0 Å². The van der Waals surface area contributed by atoms with Crippen molar-refractivity contribution in [1.82, 2.24) is 4.98 Å². The molecule has 1 aromatic heterocycles. The molecule has 1 unspecified atom stereocenters. The third kappa shape index (κ3) is 2.42. The van der Waals surface area contributed by atoms with Gasteiger partial charge in [-0.3, -0.25) is 4.79 Å². The molecule has 2 aromatic rings. The highest BCUT2D eigenvalue weighted by Crippen LogP contribution is 2.37. The van der Waals surface area contributed by atoms with E-state index < -0.39 is 11.9 Å². The van der Waals surface area contributed by atoms with Crippen molar-refractivity contribution in [2.75, 3.05) is 25.6 Å². The third-order valence-electron chi connectivity index (χ3n) is 3.63. The van der Waals surface area contributed by atoms with Crippen LogP contribution >= 0.6 is 0 Å². The number of anilines is 1. The average molecular weight is 284 g/mol. The molecule has 0 aliphatic carbocycles. The second-order valence-corrected chi connectivity index (χ2v) is 5.25. The summed E-state index contributed by atoms with van der Waals surface area (Å²) in [6.07, 6.45) is 1.75. The van der Waals surface area contributed by atoms with Gasteiger partial charge in [0.15, 0.2) is 0 Å². The number of carboxylic acids is 1. The molecule has 0 amide bonds. The van der Waals surface area contributed by atoms with Crippen LogP contribution < -0.4 is 9.64 Å². The molecular formula is C16H16N2O3. The van der Waals surface area contributed by atoms with Gasteiger partial charge in [-0.25, -0.2) is 4.98 Å². The fraction of sp³-hybridized carbons (Fsp3) is 0.250. The maximum atomic E-state index is 11.3. The molecule has 1 aliphatic heterocycles. The molecular weight excluding hydrogens is 268 g/mol. The maximum absolute atomic E-state index is 11.3. The molecule has 1 aromatic carbocycles. The van der Waals surface area contributed by atoms with Gasteiger partial charge in [0.25, 0.3) is 0 Å². The van der Waals surface area contributed by atoms with E-state index in [4.69, 9.17) is 4.74 Å². The zero-order chi connectivity index (χ0) is 15.0. The van der Waals surface area contributed by atoms with Crippen LogP contribution in [0.25, 0.3) is 11.1 Å². The van der Waals surface area contributed by atoms with Crippen molar-refractivity contribution in [2.24, 2.45) is 0 Å². The van der Waals surface area contributed by atoms with Gasteiger partial charge < -0.3 is 14.7 Å². The number of rotatable bonds is 3. The van der Waals surface area contributed by atoms with Gasteiger partial charge >= 0.3 is 5.97 Å². The first-order chi connectivity index (χ1) is 10.1. The Balaban J connectivity index is 2.03. The number of carbonyl (C=O) groups is 1. The fourth-order valence-electron chi connectivity index (χ4n) is 2.44. The van der Waals surface area contributed by atoms with Crippen LogP contribution in [0.2, 0.25) is 0 Å². The highest BCUT2D eigenvalue weighted by molar-refractivity contribution is 5.80. The summed E-state index contributed by atoms with van der Waals surface area (Å²) in [5, 5.41) is 9.24. The Morgan fingerprint density at radius 2 is 2.05 bits per heavy atom. The average Bonchev–Trinajstić information content (AvgIpc) is 2.90. The van der Waals surface area contributed by atoms with Gasteiger partial charge in [-0.1, -0.05) is 6.07 Å². The predicted molar refractivity (Wildman–Crippen MR) is 79.9 cm³/mol. The molecule has 3 rings (SSSR count). The van der Waals surface area contributed by atoms with Gasteiger partial charge in [-0.15, -0.1) is 0 Å². The SMILES string of the molecule is CN(C)c1cc(-c2ccc3c(c2)C(C(=O)O)CO3)ccn1. The van der Waals surface area contributed by atoms with Crippen molar-refractivity contribution in [2.45, 2.75) is 5.92 Å². The van der Waals surface area contributed by atoms with Gasteiger partial charge in [-0.05, 0) is 35.4 Å². The molecule has 0 spiro atoms. The monoisotopic (exact) mass is 284 g/mol. The molecule has 21 heavy (non-hydrogen) atoms.